The van der Waals surface area contributed by atoms with E-state index in [-0.39, 0.29) is 11.2 Å². The molecule has 1 aromatic rings. The fourth-order valence-electron chi connectivity index (χ4n) is 2.04. The van der Waals surface area contributed by atoms with Gasteiger partial charge in [0.1, 0.15) is 0 Å². The van der Waals surface area contributed by atoms with Crippen LogP contribution in [-0.2, 0) is 9.31 Å². The molecule has 0 amide bonds. The van der Waals surface area contributed by atoms with Crippen LogP contribution in [0.2, 0.25) is 0 Å². The second-order valence-corrected chi connectivity index (χ2v) is 5.87. The smallest absolute Gasteiger partial charge is 0.478 e. The summed E-state index contributed by atoms with van der Waals surface area (Å²) in [5, 5.41) is 0. The van der Waals surface area contributed by atoms with Gasteiger partial charge in [-0.25, -0.2) is 4.98 Å². The zero-order valence-electron chi connectivity index (χ0n) is 12.6. The van der Waals surface area contributed by atoms with E-state index >= 15 is 0 Å². The number of hydrogen-bond donors (Lipinski definition) is 0. The Balaban J connectivity index is 2.39. The fourth-order valence-corrected chi connectivity index (χ4v) is 2.04. The maximum atomic E-state index is 6.08. The van der Waals surface area contributed by atoms with Crippen molar-refractivity contribution in [2.24, 2.45) is 0 Å². The van der Waals surface area contributed by atoms with E-state index in [1.165, 1.54) is 0 Å². The summed E-state index contributed by atoms with van der Waals surface area (Å²) >= 11 is 0. The molecule has 0 aromatic carbocycles. The molecule has 1 aliphatic rings. The van der Waals surface area contributed by atoms with Crippen LogP contribution in [0.4, 0.5) is 0 Å². The van der Waals surface area contributed by atoms with Crippen molar-refractivity contribution in [3.63, 3.8) is 0 Å². The summed E-state index contributed by atoms with van der Waals surface area (Å²) < 4.78 is 17.7. The molecule has 0 spiro atoms. The third-order valence-electron chi connectivity index (χ3n) is 3.94. The molecule has 19 heavy (non-hydrogen) atoms. The molecule has 1 aliphatic heterocycles. The van der Waals surface area contributed by atoms with Gasteiger partial charge in [0.05, 0.1) is 17.8 Å². The van der Waals surface area contributed by atoms with E-state index in [0.717, 1.165) is 11.0 Å². The Hall–Kier alpha value is -1.07. The van der Waals surface area contributed by atoms with E-state index < -0.39 is 7.12 Å². The molecule has 1 fully saturated rings. The number of ether oxygens (including phenoxy) is 1. The van der Waals surface area contributed by atoms with E-state index in [1.807, 2.05) is 47.6 Å². The van der Waals surface area contributed by atoms with Crippen molar-refractivity contribution in [1.29, 1.82) is 0 Å². The third kappa shape index (κ3) is 2.49. The normalized spacial score (nSPS) is 20.6. The van der Waals surface area contributed by atoms with E-state index in [2.05, 4.69) is 4.98 Å². The van der Waals surface area contributed by atoms with Crippen molar-refractivity contribution in [3.8, 4) is 5.88 Å². The second-order valence-electron chi connectivity index (χ2n) is 5.87. The van der Waals surface area contributed by atoms with E-state index in [4.69, 9.17) is 14.0 Å². The molecular weight excluding hydrogens is 241 g/mol. The predicted octanol–water partition coefficient (Wildman–Crippen LogP) is 2.09. The van der Waals surface area contributed by atoms with Crippen molar-refractivity contribution in [2.45, 2.75) is 52.7 Å². The minimum atomic E-state index is -0.430. The molecule has 0 saturated carbocycles. The van der Waals surface area contributed by atoms with Crippen LogP contribution in [0.3, 0.4) is 0 Å². The molecule has 104 valence electrons. The van der Waals surface area contributed by atoms with Crippen molar-refractivity contribution >= 4 is 12.6 Å². The molecule has 0 atom stereocenters. The standard InChI is InChI=1S/C14H22BNO3/c1-7-17-12-11(10(2)8-9-16-12)15-18-13(3,4)14(5,6)19-15/h8-9H,7H2,1-6H3. The summed E-state index contributed by atoms with van der Waals surface area (Å²) in [7, 11) is -0.430. The number of hydrogen-bond acceptors (Lipinski definition) is 4. The number of aromatic nitrogens is 1. The van der Waals surface area contributed by atoms with Crippen LogP contribution in [0.1, 0.15) is 40.2 Å². The Morgan fingerprint density at radius 2 is 1.79 bits per heavy atom. The summed E-state index contributed by atoms with van der Waals surface area (Å²) in [4.78, 5) is 4.29. The van der Waals surface area contributed by atoms with Crippen LogP contribution < -0.4 is 10.2 Å². The van der Waals surface area contributed by atoms with Gasteiger partial charge in [0.25, 0.3) is 0 Å². The fraction of sp³-hybridized carbons (Fsp3) is 0.643. The van der Waals surface area contributed by atoms with Gasteiger partial charge in [-0.3, -0.25) is 0 Å². The molecule has 1 aromatic heterocycles. The SMILES string of the molecule is CCOc1nccc(C)c1B1OC(C)(C)C(C)(C)O1. The Morgan fingerprint density at radius 1 is 1.21 bits per heavy atom. The minimum absolute atomic E-state index is 0.358. The molecule has 0 radical (unpaired) electrons. The number of pyridine rings is 1. The zero-order valence-corrected chi connectivity index (χ0v) is 12.6. The van der Waals surface area contributed by atoms with Gasteiger partial charge in [-0.05, 0) is 53.2 Å². The van der Waals surface area contributed by atoms with Crippen LogP contribution in [-0.4, -0.2) is 29.9 Å². The summed E-state index contributed by atoms with van der Waals surface area (Å²) in [5.74, 6) is 0.598. The molecule has 5 heteroatoms. The van der Waals surface area contributed by atoms with Crippen molar-refractivity contribution in [1.82, 2.24) is 4.98 Å². The lowest BCUT2D eigenvalue weighted by atomic mass is 9.77. The van der Waals surface area contributed by atoms with Gasteiger partial charge in [-0.15, -0.1) is 0 Å². The molecule has 0 aliphatic carbocycles. The van der Waals surface area contributed by atoms with E-state index in [9.17, 15) is 0 Å². The average molecular weight is 263 g/mol. The Bertz CT molecular complexity index is 458. The van der Waals surface area contributed by atoms with Gasteiger partial charge in [0.2, 0.25) is 5.88 Å². The summed E-state index contributed by atoms with van der Waals surface area (Å²) in [6, 6.07) is 1.95. The zero-order chi connectivity index (χ0) is 14.3. The van der Waals surface area contributed by atoms with Crippen molar-refractivity contribution < 1.29 is 14.0 Å². The highest BCUT2D eigenvalue weighted by Crippen LogP contribution is 2.37. The van der Waals surface area contributed by atoms with Crippen molar-refractivity contribution in [3.05, 3.63) is 17.8 Å². The highest BCUT2D eigenvalue weighted by Gasteiger charge is 2.53. The predicted molar refractivity (Wildman–Crippen MR) is 75.9 cm³/mol. The topological polar surface area (TPSA) is 40.6 Å². The number of aryl methyl sites for hydroxylation is 1. The first kappa shape index (κ1) is 14.3. The average Bonchev–Trinajstić information content (AvgIpc) is 2.48. The Kier molecular flexibility index (Phi) is 3.62. The first-order valence-corrected chi connectivity index (χ1v) is 6.72. The lowest BCUT2D eigenvalue weighted by molar-refractivity contribution is 0.00578. The quantitative estimate of drug-likeness (QED) is 0.783. The van der Waals surface area contributed by atoms with E-state index in [0.29, 0.717) is 12.5 Å². The lowest BCUT2D eigenvalue weighted by Crippen LogP contribution is -2.41. The first-order chi connectivity index (χ1) is 8.78. The van der Waals surface area contributed by atoms with Crippen LogP contribution >= 0.6 is 0 Å². The van der Waals surface area contributed by atoms with Crippen LogP contribution in [0.15, 0.2) is 12.3 Å². The first-order valence-electron chi connectivity index (χ1n) is 6.72. The summed E-state index contributed by atoms with van der Waals surface area (Å²) in [5.41, 5.74) is 1.24. The van der Waals surface area contributed by atoms with Gasteiger partial charge in [-0.1, -0.05) is 0 Å². The molecule has 0 bridgehead atoms. The van der Waals surface area contributed by atoms with E-state index in [1.54, 1.807) is 6.20 Å². The summed E-state index contributed by atoms with van der Waals surface area (Å²) in [6.45, 7) is 12.7. The molecule has 2 rings (SSSR count). The number of nitrogens with zero attached hydrogens (tertiary/aromatic N) is 1. The maximum Gasteiger partial charge on any atom is 0.500 e. The monoisotopic (exact) mass is 263 g/mol. The van der Waals surface area contributed by atoms with Gasteiger partial charge >= 0.3 is 7.12 Å². The molecule has 1 saturated heterocycles. The molecule has 2 heterocycles. The third-order valence-corrected chi connectivity index (χ3v) is 3.94. The van der Waals surface area contributed by atoms with Crippen LogP contribution in [0.25, 0.3) is 0 Å². The second kappa shape index (κ2) is 4.80. The molecule has 4 nitrogen and oxygen atoms in total. The highest BCUT2D eigenvalue weighted by atomic mass is 16.7. The highest BCUT2D eigenvalue weighted by molar-refractivity contribution is 6.63. The minimum Gasteiger partial charge on any atom is -0.478 e. The molecular formula is C14H22BNO3. The number of rotatable bonds is 3. The van der Waals surface area contributed by atoms with Crippen LogP contribution in [0.5, 0.6) is 5.88 Å². The molecule has 0 N–H and O–H groups in total. The largest absolute Gasteiger partial charge is 0.500 e. The Morgan fingerprint density at radius 3 is 2.32 bits per heavy atom. The maximum absolute atomic E-state index is 6.08. The molecule has 0 unspecified atom stereocenters. The summed E-state index contributed by atoms with van der Waals surface area (Å²) in [6.07, 6.45) is 1.75. The van der Waals surface area contributed by atoms with Gasteiger partial charge in [-0.2, -0.15) is 0 Å². The van der Waals surface area contributed by atoms with Crippen LogP contribution in [0, 0.1) is 6.92 Å². The lowest BCUT2D eigenvalue weighted by Gasteiger charge is -2.32. The van der Waals surface area contributed by atoms with Gasteiger partial charge in [0.15, 0.2) is 0 Å². The Labute approximate surface area is 115 Å². The van der Waals surface area contributed by atoms with Gasteiger partial charge < -0.3 is 14.0 Å². The van der Waals surface area contributed by atoms with Crippen molar-refractivity contribution in [2.75, 3.05) is 6.61 Å². The van der Waals surface area contributed by atoms with Gasteiger partial charge in [0, 0.05) is 11.7 Å².